The highest BCUT2D eigenvalue weighted by atomic mass is 35.5. The van der Waals surface area contributed by atoms with E-state index in [2.05, 4.69) is 10.6 Å². The minimum absolute atomic E-state index is 0.0488. The van der Waals surface area contributed by atoms with Crippen LogP contribution in [-0.4, -0.2) is 65.7 Å². The predicted molar refractivity (Wildman–Crippen MR) is 155 cm³/mol. The lowest BCUT2D eigenvalue weighted by Crippen LogP contribution is -2.58. The van der Waals surface area contributed by atoms with Gasteiger partial charge in [-0.05, 0) is 49.6 Å². The summed E-state index contributed by atoms with van der Waals surface area (Å²) in [7, 11) is 0. The molecule has 3 amide bonds. The summed E-state index contributed by atoms with van der Waals surface area (Å²) in [6, 6.07) is 11.8. The first-order chi connectivity index (χ1) is 20.3. The van der Waals surface area contributed by atoms with E-state index < -0.39 is 35.7 Å². The molecule has 3 fully saturated rings. The monoisotopic (exact) mass is 591 g/mol. The molecule has 1 spiro atoms. The molecule has 4 heterocycles. The molecule has 2 bridgehead atoms. The van der Waals surface area contributed by atoms with Gasteiger partial charge in [-0.3, -0.25) is 14.4 Å². The number of rotatable bonds is 6. The Balaban J connectivity index is 1.18. The lowest BCUT2D eigenvalue weighted by molar-refractivity contribution is -0.143. The number of carbonyl (C=O) groups excluding carboxylic acids is 3. The fourth-order valence-corrected chi connectivity index (χ4v) is 7.44. The number of ether oxygens (including phenoxy) is 3. The van der Waals surface area contributed by atoms with Crippen LogP contribution in [0.25, 0.3) is 0 Å². The van der Waals surface area contributed by atoms with Crippen LogP contribution in [0.1, 0.15) is 37.7 Å². The van der Waals surface area contributed by atoms with Crippen LogP contribution in [0.15, 0.2) is 54.6 Å². The largest absolute Gasteiger partial charge is 0.486 e. The number of fused-ring (bicyclic) bond motifs is 2. The van der Waals surface area contributed by atoms with E-state index in [0.29, 0.717) is 22.2 Å². The van der Waals surface area contributed by atoms with E-state index in [4.69, 9.17) is 25.8 Å². The van der Waals surface area contributed by atoms with Gasteiger partial charge < -0.3 is 29.7 Å². The summed E-state index contributed by atoms with van der Waals surface area (Å²) in [6.45, 7) is 2.24. The zero-order valence-electron chi connectivity index (χ0n) is 23.4. The SMILES string of the molecule is Cc1ccc(NC(=O)C2[C@H]3C=CC4(O3)C(C(=O)NC3CCCCC3)N(CC3COc5ccccc5O3)C(=O)[C@@H]24)cc1Cl. The van der Waals surface area contributed by atoms with Gasteiger partial charge in [-0.1, -0.05) is 61.2 Å². The molecule has 6 atom stereocenters. The van der Waals surface area contributed by atoms with E-state index >= 15 is 0 Å². The molecular formula is C32H34ClN3O6. The normalized spacial score (nSPS) is 31.2. The summed E-state index contributed by atoms with van der Waals surface area (Å²) >= 11 is 6.29. The fraction of sp³-hybridized carbons (Fsp3) is 0.469. The summed E-state index contributed by atoms with van der Waals surface area (Å²) in [6.07, 6.45) is 7.61. The molecule has 42 heavy (non-hydrogen) atoms. The molecule has 0 aromatic heterocycles. The topological polar surface area (TPSA) is 106 Å². The van der Waals surface area contributed by atoms with Crippen LogP contribution in [0.4, 0.5) is 5.69 Å². The molecule has 2 aromatic carbocycles. The van der Waals surface area contributed by atoms with E-state index in [-0.39, 0.29) is 36.9 Å². The first-order valence-electron chi connectivity index (χ1n) is 14.8. The van der Waals surface area contributed by atoms with Crippen LogP contribution in [0.2, 0.25) is 5.02 Å². The van der Waals surface area contributed by atoms with Crippen LogP contribution < -0.4 is 20.1 Å². The molecule has 2 saturated heterocycles. The second kappa shape index (κ2) is 10.6. The standard InChI is InChI=1S/C32H34ClN3O6/c1-18-11-12-20(15-22(18)33)35-29(37)26-25-13-14-32(42-25)27(26)31(39)36(28(32)30(38)34-19-7-3-2-4-8-19)16-21-17-40-23-9-5-6-10-24(23)41-21/h5-6,9-15,19,21,25-28H,2-4,7-8,16-17H2,1H3,(H,34,38)(H,35,37)/t21?,25-,26?,27-,28?,32?/m1/s1. The van der Waals surface area contributed by atoms with Gasteiger partial charge in [0, 0.05) is 16.8 Å². The Morgan fingerprint density at radius 1 is 1.07 bits per heavy atom. The van der Waals surface area contributed by atoms with Gasteiger partial charge in [0.2, 0.25) is 17.7 Å². The van der Waals surface area contributed by atoms with Crippen LogP contribution in [0.5, 0.6) is 11.5 Å². The van der Waals surface area contributed by atoms with Crippen molar-refractivity contribution >= 4 is 35.0 Å². The Labute approximate surface area is 249 Å². The number of aryl methyl sites for hydroxylation is 1. The van der Waals surface area contributed by atoms with Gasteiger partial charge in [0.05, 0.1) is 24.5 Å². The fourth-order valence-electron chi connectivity index (χ4n) is 7.26. The maximum Gasteiger partial charge on any atom is 0.246 e. The molecule has 5 aliphatic rings. The van der Waals surface area contributed by atoms with Gasteiger partial charge in [0.1, 0.15) is 18.2 Å². The molecular weight excluding hydrogens is 558 g/mol. The van der Waals surface area contributed by atoms with Gasteiger partial charge >= 0.3 is 0 Å². The molecule has 1 saturated carbocycles. The van der Waals surface area contributed by atoms with Crippen molar-refractivity contribution in [3.63, 3.8) is 0 Å². The van der Waals surface area contributed by atoms with Crippen LogP contribution in [-0.2, 0) is 19.1 Å². The van der Waals surface area contributed by atoms with Crippen molar-refractivity contribution in [3.05, 3.63) is 65.2 Å². The number of para-hydroxylation sites is 2. The first kappa shape index (κ1) is 27.3. The molecule has 0 radical (unpaired) electrons. The number of benzene rings is 2. The molecule has 10 heteroatoms. The predicted octanol–water partition coefficient (Wildman–Crippen LogP) is 4.03. The van der Waals surface area contributed by atoms with E-state index in [1.165, 1.54) is 0 Å². The number of nitrogens with one attached hydrogen (secondary N) is 2. The lowest BCUT2D eigenvalue weighted by Gasteiger charge is -2.36. The number of likely N-dealkylation sites (tertiary alicyclic amines) is 1. The number of hydrogen-bond acceptors (Lipinski definition) is 6. The lowest BCUT2D eigenvalue weighted by atomic mass is 9.74. The van der Waals surface area contributed by atoms with Crippen LogP contribution in [0, 0.1) is 18.8 Å². The van der Waals surface area contributed by atoms with E-state index in [9.17, 15) is 14.4 Å². The summed E-state index contributed by atoms with van der Waals surface area (Å²) in [5.41, 5.74) is 0.183. The molecule has 4 aliphatic heterocycles. The first-order valence-corrected chi connectivity index (χ1v) is 15.2. The number of carbonyl (C=O) groups is 3. The highest BCUT2D eigenvalue weighted by Crippen LogP contribution is 2.55. The van der Waals surface area contributed by atoms with Gasteiger partial charge in [-0.25, -0.2) is 0 Å². The molecule has 2 aromatic rings. The minimum atomic E-state index is -1.25. The summed E-state index contributed by atoms with van der Waals surface area (Å²) < 4.78 is 18.6. The van der Waals surface area contributed by atoms with Crippen molar-refractivity contribution in [3.8, 4) is 11.5 Å². The third kappa shape index (κ3) is 4.54. The molecule has 1 aliphatic carbocycles. The van der Waals surface area contributed by atoms with Crippen LogP contribution >= 0.6 is 11.6 Å². The maximum atomic E-state index is 14.3. The Morgan fingerprint density at radius 2 is 1.86 bits per heavy atom. The van der Waals surface area contributed by atoms with Crippen molar-refractivity contribution in [1.82, 2.24) is 10.2 Å². The molecule has 9 nitrogen and oxygen atoms in total. The zero-order valence-corrected chi connectivity index (χ0v) is 24.1. The smallest absolute Gasteiger partial charge is 0.246 e. The summed E-state index contributed by atoms with van der Waals surface area (Å²) in [5, 5.41) is 6.68. The van der Waals surface area contributed by atoms with Gasteiger partial charge in [0.15, 0.2) is 17.6 Å². The third-order valence-electron chi connectivity index (χ3n) is 9.28. The molecule has 2 N–H and O–H groups in total. The van der Waals surface area contributed by atoms with E-state index in [1.54, 1.807) is 17.0 Å². The molecule has 4 unspecified atom stereocenters. The minimum Gasteiger partial charge on any atom is -0.486 e. The van der Waals surface area contributed by atoms with Crippen molar-refractivity contribution in [2.45, 2.75) is 68.9 Å². The number of anilines is 1. The quantitative estimate of drug-likeness (QED) is 0.492. The third-order valence-corrected chi connectivity index (χ3v) is 9.69. The Bertz CT molecular complexity index is 1460. The Morgan fingerprint density at radius 3 is 2.64 bits per heavy atom. The average molecular weight is 592 g/mol. The van der Waals surface area contributed by atoms with Crippen molar-refractivity contribution in [2.75, 3.05) is 18.5 Å². The second-order valence-corrected chi connectivity index (χ2v) is 12.4. The van der Waals surface area contributed by atoms with E-state index in [1.807, 2.05) is 49.4 Å². The number of amides is 3. The van der Waals surface area contributed by atoms with Crippen molar-refractivity contribution < 1.29 is 28.6 Å². The van der Waals surface area contributed by atoms with Crippen molar-refractivity contribution in [1.29, 1.82) is 0 Å². The van der Waals surface area contributed by atoms with Gasteiger partial charge in [-0.2, -0.15) is 0 Å². The average Bonchev–Trinajstić information content (AvgIpc) is 3.63. The summed E-state index contributed by atoms with van der Waals surface area (Å²) in [4.78, 5) is 43.6. The zero-order chi connectivity index (χ0) is 29.0. The number of hydrogen-bond donors (Lipinski definition) is 2. The highest BCUT2D eigenvalue weighted by molar-refractivity contribution is 6.31. The Kier molecular flexibility index (Phi) is 6.89. The van der Waals surface area contributed by atoms with Gasteiger partial charge in [0.25, 0.3) is 0 Å². The molecule has 220 valence electrons. The van der Waals surface area contributed by atoms with Gasteiger partial charge in [-0.15, -0.1) is 0 Å². The van der Waals surface area contributed by atoms with Crippen LogP contribution in [0.3, 0.4) is 0 Å². The molecule has 7 rings (SSSR count). The Hall–Kier alpha value is -3.56. The maximum absolute atomic E-state index is 14.3. The van der Waals surface area contributed by atoms with Crippen molar-refractivity contribution in [2.24, 2.45) is 11.8 Å². The van der Waals surface area contributed by atoms with E-state index in [0.717, 1.165) is 37.7 Å². The number of nitrogens with zero attached hydrogens (tertiary/aromatic N) is 1. The summed E-state index contributed by atoms with van der Waals surface area (Å²) in [5.74, 6) is -1.32. The number of halogens is 1. The highest BCUT2D eigenvalue weighted by Gasteiger charge is 2.73. The second-order valence-electron chi connectivity index (χ2n) is 12.0.